The van der Waals surface area contributed by atoms with E-state index in [1.807, 2.05) is 0 Å². The summed E-state index contributed by atoms with van der Waals surface area (Å²) in [5.74, 6) is 0. The van der Waals surface area contributed by atoms with Gasteiger partial charge in [-0.05, 0) is 125 Å². The third-order valence-electron chi connectivity index (χ3n) is 11.8. The van der Waals surface area contributed by atoms with Gasteiger partial charge in [0.25, 0.3) is 0 Å². The third-order valence-corrected chi connectivity index (χ3v) is 11.8. The molecule has 0 saturated carbocycles. The summed E-state index contributed by atoms with van der Waals surface area (Å²) in [6, 6.07) is 13.6. The molecule has 2 fully saturated rings. The molecule has 49 heavy (non-hydrogen) atoms. The topological polar surface area (TPSA) is 134 Å². The van der Waals surface area contributed by atoms with Crippen molar-refractivity contribution in [3.8, 4) is 11.1 Å². The molecule has 0 spiro atoms. The fourth-order valence-electron chi connectivity index (χ4n) is 7.46. The third kappa shape index (κ3) is 7.56. The van der Waals surface area contributed by atoms with Crippen LogP contribution in [0.2, 0.25) is 0 Å². The molecular weight excluding hydrogens is 614 g/mol. The highest BCUT2D eigenvalue weighted by atomic mass is 16.7. The molecule has 262 valence electrons. The number of nitrogens with zero attached hydrogens (tertiary/aromatic N) is 6. The highest BCUT2D eigenvalue weighted by Gasteiger charge is 2.54. The van der Waals surface area contributed by atoms with E-state index in [-0.39, 0.29) is 5.41 Å². The minimum atomic E-state index is -0.446. The van der Waals surface area contributed by atoms with Crippen LogP contribution in [-0.2, 0) is 24.0 Å². The number of hydrogen-bond donors (Lipinski definition) is 0. The van der Waals surface area contributed by atoms with Crippen LogP contribution in [-0.4, -0.2) is 49.7 Å². The van der Waals surface area contributed by atoms with Gasteiger partial charge < -0.3 is 18.6 Å². The zero-order chi connectivity index (χ0) is 35.5. The van der Waals surface area contributed by atoms with E-state index in [9.17, 15) is 0 Å². The van der Waals surface area contributed by atoms with E-state index in [1.54, 1.807) is 0 Å². The molecule has 0 amide bonds. The van der Waals surface area contributed by atoms with Gasteiger partial charge in [-0.25, -0.2) is 0 Å². The Hall–Kier alpha value is -2.97. The summed E-state index contributed by atoms with van der Waals surface area (Å²) < 4.78 is 26.2. The van der Waals surface area contributed by atoms with Gasteiger partial charge in [-0.2, -0.15) is 0 Å². The Bertz CT molecular complexity index is 1450. The summed E-state index contributed by atoms with van der Waals surface area (Å²) in [6.45, 7) is 17.9. The Morgan fingerprint density at radius 3 is 1.22 bits per heavy atom. The summed E-state index contributed by atoms with van der Waals surface area (Å²) in [5, 5.41) is 7.48. The normalized spacial score (nSPS) is 20.4. The predicted molar refractivity (Wildman–Crippen MR) is 198 cm³/mol. The van der Waals surface area contributed by atoms with E-state index >= 15 is 0 Å². The van der Waals surface area contributed by atoms with Crippen LogP contribution in [0.5, 0.6) is 0 Å². The number of fused-ring (bicyclic) bond motifs is 3. The van der Waals surface area contributed by atoms with Crippen molar-refractivity contribution in [2.24, 2.45) is 10.2 Å². The Morgan fingerprint density at radius 1 is 0.531 bits per heavy atom. The van der Waals surface area contributed by atoms with E-state index in [1.165, 1.54) is 22.3 Å². The molecule has 0 aromatic heterocycles. The summed E-state index contributed by atoms with van der Waals surface area (Å²) in [7, 11) is -0.892. The number of unbranched alkanes of at least 4 members (excludes halogenated alkanes) is 6. The van der Waals surface area contributed by atoms with Gasteiger partial charge in [0.15, 0.2) is 0 Å². The summed E-state index contributed by atoms with van der Waals surface area (Å²) in [5.41, 5.74) is 22.8. The molecule has 1 aliphatic carbocycles. The quantitative estimate of drug-likeness (QED) is 0.0580. The Labute approximate surface area is 293 Å². The maximum Gasteiger partial charge on any atom is 0.494 e. The average Bonchev–Trinajstić information content (AvgIpc) is 3.54. The van der Waals surface area contributed by atoms with Gasteiger partial charge in [0.05, 0.1) is 22.4 Å². The van der Waals surface area contributed by atoms with Crippen LogP contribution in [0.25, 0.3) is 32.0 Å². The molecular formula is C37H54B2N6O4. The van der Waals surface area contributed by atoms with Gasteiger partial charge in [-0.15, -0.1) is 0 Å². The van der Waals surface area contributed by atoms with E-state index in [4.69, 9.17) is 29.7 Å². The molecule has 12 heteroatoms. The number of hydrogen-bond acceptors (Lipinski definition) is 6. The molecule has 2 saturated heterocycles. The van der Waals surface area contributed by atoms with Crippen LogP contribution < -0.4 is 10.9 Å². The molecule has 3 aliphatic rings. The van der Waals surface area contributed by atoms with Crippen LogP contribution in [0.4, 0.5) is 0 Å². The van der Waals surface area contributed by atoms with Gasteiger partial charge in [0.1, 0.15) is 0 Å². The minimum absolute atomic E-state index is 0.223. The molecule has 2 aromatic rings. The first-order chi connectivity index (χ1) is 23.2. The highest BCUT2D eigenvalue weighted by Crippen LogP contribution is 2.54. The second kappa shape index (κ2) is 14.7. The van der Waals surface area contributed by atoms with Crippen LogP contribution in [0.1, 0.15) is 131 Å². The maximum absolute atomic E-state index is 8.71. The zero-order valence-electron chi connectivity index (χ0n) is 30.9. The molecule has 5 rings (SSSR count). The minimum Gasteiger partial charge on any atom is -0.399 e. The van der Waals surface area contributed by atoms with E-state index in [0.717, 1.165) is 75.1 Å². The number of benzene rings is 2. The Kier molecular flexibility index (Phi) is 11.2. The van der Waals surface area contributed by atoms with Gasteiger partial charge >= 0.3 is 14.2 Å². The smallest absolute Gasteiger partial charge is 0.399 e. The molecule has 2 aromatic carbocycles. The van der Waals surface area contributed by atoms with E-state index in [2.05, 4.69) is 112 Å². The predicted octanol–water partition coefficient (Wildman–Crippen LogP) is 9.07. The zero-order valence-corrected chi connectivity index (χ0v) is 30.9. The lowest BCUT2D eigenvalue weighted by atomic mass is 9.67. The molecule has 0 radical (unpaired) electrons. The molecule has 0 bridgehead atoms. The lowest BCUT2D eigenvalue weighted by Crippen LogP contribution is -2.41. The van der Waals surface area contributed by atoms with Gasteiger partial charge in [0.2, 0.25) is 0 Å². The number of rotatable bonds is 16. The highest BCUT2D eigenvalue weighted by molar-refractivity contribution is 6.62. The SMILES string of the molecule is CC1(C)OB(c2ccc3c(c2)C(CCCCCCN=[N+]=[N-])(CCCCCCN=[N+]=[N-])c2cc(B4OC(C)(C)C(C)(C)O4)ccc2-3)OC1(C)C. The van der Waals surface area contributed by atoms with Crippen molar-refractivity contribution in [2.75, 3.05) is 13.1 Å². The van der Waals surface area contributed by atoms with Crippen molar-refractivity contribution in [3.63, 3.8) is 0 Å². The van der Waals surface area contributed by atoms with Crippen LogP contribution in [0.3, 0.4) is 0 Å². The number of azide groups is 2. The second-order valence-corrected chi connectivity index (χ2v) is 16.1. The lowest BCUT2D eigenvalue weighted by molar-refractivity contribution is 0.00578. The van der Waals surface area contributed by atoms with Crippen LogP contribution in [0.15, 0.2) is 46.6 Å². The molecule has 0 unspecified atom stereocenters. The largest absolute Gasteiger partial charge is 0.494 e. The van der Waals surface area contributed by atoms with E-state index in [0.29, 0.717) is 13.1 Å². The summed E-state index contributed by atoms with van der Waals surface area (Å²) in [6.07, 6.45) is 10.1. The molecule has 0 N–H and O–H groups in total. The first-order valence-electron chi connectivity index (χ1n) is 18.2. The molecule has 2 heterocycles. The standard InChI is InChI=1S/C37H54B2N6O4/c1-33(2)34(3,4)47-38(46-33)27-17-19-29-30-20-18-28(39-48-35(5,6)36(7,8)49-39)26-32(30)37(31(29)25-27,21-13-9-11-15-23-42-44-40)22-14-10-12-16-24-43-45-41/h17-20,25-26H,9-16,21-24H2,1-8H3. The monoisotopic (exact) mass is 668 g/mol. The Balaban J connectivity index is 1.54. The van der Waals surface area contributed by atoms with Crippen molar-refractivity contribution >= 4 is 25.2 Å². The average molecular weight is 669 g/mol. The van der Waals surface area contributed by atoms with Gasteiger partial charge in [-0.1, -0.05) is 85.2 Å². The fraction of sp³-hybridized carbons (Fsp3) is 0.676. The second-order valence-electron chi connectivity index (χ2n) is 16.1. The van der Waals surface area contributed by atoms with Crippen molar-refractivity contribution in [1.82, 2.24) is 0 Å². The molecule has 2 aliphatic heterocycles. The van der Waals surface area contributed by atoms with Crippen LogP contribution in [0, 0.1) is 0 Å². The van der Waals surface area contributed by atoms with Gasteiger partial charge in [0, 0.05) is 28.3 Å². The first-order valence-corrected chi connectivity index (χ1v) is 18.2. The first kappa shape index (κ1) is 37.3. The summed E-state index contributed by atoms with van der Waals surface area (Å²) >= 11 is 0. The lowest BCUT2D eigenvalue weighted by Gasteiger charge is -2.33. The van der Waals surface area contributed by atoms with Gasteiger partial charge in [-0.3, -0.25) is 0 Å². The fourth-order valence-corrected chi connectivity index (χ4v) is 7.46. The maximum atomic E-state index is 8.71. The Morgan fingerprint density at radius 2 is 0.878 bits per heavy atom. The van der Waals surface area contributed by atoms with Crippen molar-refractivity contribution < 1.29 is 18.6 Å². The van der Waals surface area contributed by atoms with Crippen molar-refractivity contribution in [1.29, 1.82) is 0 Å². The molecule has 10 nitrogen and oxygen atoms in total. The summed E-state index contributed by atoms with van der Waals surface area (Å²) in [4.78, 5) is 5.84. The molecule has 0 atom stereocenters. The van der Waals surface area contributed by atoms with Crippen LogP contribution >= 0.6 is 0 Å². The van der Waals surface area contributed by atoms with E-state index < -0.39 is 36.6 Å². The van der Waals surface area contributed by atoms with Crippen molar-refractivity contribution in [3.05, 3.63) is 68.4 Å². The van der Waals surface area contributed by atoms with Crippen molar-refractivity contribution in [2.45, 2.75) is 147 Å².